The van der Waals surface area contributed by atoms with Crippen molar-refractivity contribution >= 4 is 0 Å². The van der Waals surface area contributed by atoms with Crippen LogP contribution >= 0.6 is 0 Å². The van der Waals surface area contributed by atoms with E-state index in [1.165, 1.54) is 26.1 Å². The minimum atomic E-state index is 1.14. The van der Waals surface area contributed by atoms with Gasteiger partial charge in [0.1, 0.15) is 0 Å². The molecular formula is C8H17N2-. The van der Waals surface area contributed by atoms with Gasteiger partial charge in [0.25, 0.3) is 0 Å². The fourth-order valence-electron chi connectivity index (χ4n) is 1.33. The van der Waals surface area contributed by atoms with Crippen LogP contribution in [0.25, 0.3) is 0 Å². The summed E-state index contributed by atoms with van der Waals surface area (Å²) >= 11 is 0. The maximum atomic E-state index is 3.90. The van der Waals surface area contributed by atoms with Crippen molar-refractivity contribution in [1.29, 1.82) is 0 Å². The number of piperazine rings is 1. The number of hydrogen-bond donors (Lipinski definition) is 0. The predicted molar refractivity (Wildman–Crippen MR) is 43.7 cm³/mol. The lowest BCUT2D eigenvalue weighted by molar-refractivity contribution is 0.167. The van der Waals surface area contributed by atoms with E-state index in [0.29, 0.717) is 0 Å². The standard InChI is InChI=1S/C8H17N2/c1-3-4-10-7-5-9(2)6-8-10/h2-8H2,1H3/q-1. The predicted octanol–water partition coefficient (Wildman–Crippen LogP) is 0.806. The fraction of sp³-hybridized carbons (Fsp3) is 0.875. The molecule has 0 unspecified atom stereocenters. The van der Waals surface area contributed by atoms with Gasteiger partial charge in [0.15, 0.2) is 0 Å². The second-order valence-electron chi connectivity index (χ2n) is 2.96. The van der Waals surface area contributed by atoms with Crippen LogP contribution in [0.1, 0.15) is 13.3 Å². The van der Waals surface area contributed by atoms with Crippen LogP contribution in [-0.4, -0.2) is 42.5 Å². The molecule has 1 fully saturated rings. The van der Waals surface area contributed by atoms with E-state index in [1.54, 1.807) is 0 Å². The molecule has 0 atom stereocenters. The van der Waals surface area contributed by atoms with Crippen LogP contribution < -0.4 is 0 Å². The molecule has 0 radical (unpaired) electrons. The molecule has 1 aliphatic heterocycles. The number of nitrogens with zero attached hydrogens (tertiary/aromatic N) is 2. The Morgan fingerprint density at radius 2 is 1.80 bits per heavy atom. The van der Waals surface area contributed by atoms with Crippen LogP contribution in [-0.2, 0) is 0 Å². The van der Waals surface area contributed by atoms with Crippen molar-refractivity contribution in [3.05, 3.63) is 7.05 Å². The Morgan fingerprint density at radius 1 is 1.20 bits per heavy atom. The van der Waals surface area contributed by atoms with Crippen LogP contribution in [0, 0.1) is 7.05 Å². The molecule has 1 heterocycles. The third kappa shape index (κ3) is 2.27. The molecule has 0 N–H and O–H groups in total. The van der Waals surface area contributed by atoms with E-state index in [4.69, 9.17) is 0 Å². The third-order valence-corrected chi connectivity index (χ3v) is 2.00. The van der Waals surface area contributed by atoms with Gasteiger partial charge in [-0.05, 0) is 26.1 Å². The van der Waals surface area contributed by atoms with E-state index in [2.05, 4.69) is 23.8 Å². The summed E-state index contributed by atoms with van der Waals surface area (Å²) in [6.45, 7) is 8.18. The molecule has 0 bridgehead atoms. The highest BCUT2D eigenvalue weighted by Gasteiger charge is 2.08. The van der Waals surface area contributed by atoms with Gasteiger partial charge in [0.05, 0.1) is 0 Å². The third-order valence-electron chi connectivity index (χ3n) is 2.00. The van der Waals surface area contributed by atoms with Crippen LogP contribution in [0.3, 0.4) is 0 Å². The number of rotatable bonds is 2. The van der Waals surface area contributed by atoms with Crippen molar-refractivity contribution in [1.82, 2.24) is 9.80 Å². The first-order valence-corrected chi connectivity index (χ1v) is 4.10. The molecule has 1 rings (SSSR count). The van der Waals surface area contributed by atoms with E-state index < -0.39 is 0 Å². The van der Waals surface area contributed by atoms with E-state index in [0.717, 1.165) is 13.1 Å². The lowest BCUT2D eigenvalue weighted by atomic mass is 10.3. The summed E-state index contributed by atoms with van der Waals surface area (Å²) in [6.07, 6.45) is 1.27. The first kappa shape index (κ1) is 8.02. The Balaban J connectivity index is 2.13. The van der Waals surface area contributed by atoms with Gasteiger partial charge in [0.2, 0.25) is 0 Å². The summed E-state index contributed by atoms with van der Waals surface area (Å²) in [7, 11) is 3.90. The molecule has 1 saturated heterocycles. The Bertz CT molecular complexity index is 85.3. The van der Waals surface area contributed by atoms with Gasteiger partial charge in [0, 0.05) is 13.1 Å². The highest BCUT2D eigenvalue weighted by Crippen LogP contribution is 1.99. The summed E-state index contributed by atoms with van der Waals surface area (Å²) in [6, 6.07) is 0. The van der Waals surface area contributed by atoms with E-state index in [-0.39, 0.29) is 0 Å². The molecular weight excluding hydrogens is 124 g/mol. The smallest absolute Gasteiger partial charge is 0.00857 e. The first-order valence-electron chi connectivity index (χ1n) is 4.10. The summed E-state index contributed by atoms with van der Waals surface area (Å²) < 4.78 is 0. The number of hydrogen-bond acceptors (Lipinski definition) is 2. The van der Waals surface area contributed by atoms with Crippen molar-refractivity contribution in [2.45, 2.75) is 13.3 Å². The van der Waals surface area contributed by atoms with E-state index >= 15 is 0 Å². The van der Waals surface area contributed by atoms with Gasteiger partial charge >= 0.3 is 0 Å². The SMILES string of the molecule is [CH2-]N1CCN(CCC)CC1. The Kier molecular flexibility index (Phi) is 3.16. The molecule has 0 aromatic heterocycles. The summed E-state index contributed by atoms with van der Waals surface area (Å²) in [5, 5.41) is 0. The maximum Gasteiger partial charge on any atom is 0.00857 e. The zero-order chi connectivity index (χ0) is 7.40. The molecule has 10 heavy (non-hydrogen) atoms. The minimum Gasteiger partial charge on any atom is -0.457 e. The van der Waals surface area contributed by atoms with Crippen LogP contribution in [0.5, 0.6) is 0 Å². The summed E-state index contributed by atoms with van der Waals surface area (Å²) in [5.74, 6) is 0. The normalized spacial score (nSPS) is 23.4. The Labute approximate surface area is 63.8 Å². The second kappa shape index (κ2) is 3.94. The quantitative estimate of drug-likeness (QED) is 0.525. The molecule has 0 aromatic carbocycles. The van der Waals surface area contributed by atoms with Crippen molar-refractivity contribution in [3.63, 3.8) is 0 Å². The maximum absolute atomic E-state index is 3.90. The van der Waals surface area contributed by atoms with Gasteiger partial charge in [-0.15, -0.1) is 0 Å². The van der Waals surface area contributed by atoms with Gasteiger partial charge in [-0.2, -0.15) is 0 Å². The Morgan fingerprint density at radius 3 is 2.30 bits per heavy atom. The Hall–Kier alpha value is -0.0800. The lowest BCUT2D eigenvalue weighted by Gasteiger charge is -2.36. The van der Waals surface area contributed by atoms with Gasteiger partial charge in [-0.25, -0.2) is 0 Å². The van der Waals surface area contributed by atoms with Crippen molar-refractivity contribution in [3.8, 4) is 0 Å². The summed E-state index contributed by atoms with van der Waals surface area (Å²) in [4.78, 5) is 4.65. The zero-order valence-electron chi connectivity index (χ0n) is 6.84. The zero-order valence-corrected chi connectivity index (χ0v) is 6.84. The summed E-state index contributed by atoms with van der Waals surface area (Å²) in [5.41, 5.74) is 0. The van der Waals surface area contributed by atoms with Crippen molar-refractivity contribution in [2.75, 3.05) is 32.7 Å². The molecule has 0 amide bonds. The topological polar surface area (TPSA) is 6.48 Å². The van der Waals surface area contributed by atoms with Gasteiger partial charge in [-0.3, -0.25) is 7.05 Å². The van der Waals surface area contributed by atoms with Crippen LogP contribution in [0.15, 0.2) is 0 Å². The van der Waals surface area contributed by atoms with Crippen molar-refractivity contribution < 1.29 is 0 Å². The molecule has 0 saturated carbocycles. The highest BCUT2D eigenvalue weighted by molar-refractivity contribution is 4.70. The minimum absolute atomic E-state index is 1.14. The van der Waals surface area contributed by atoms with E-state index in [9.17, 15) is 0 Å². The van der Waals surface area contributed by atoms with Crippen LogP contribution in [0.2, 0.25) is 0 Å². The van der Waals surface area contributed by atoms with Gasteiger partial charge < -0.3 is 9.80 Å². The second-order valence-corrected chi connectivity index (χ2v) is 2.96. The van der Waals surface area contributed by atoms with E-state index in [1.807, 2.05) is 0 Å². The largest absolute Gasteiger partial charge is 0.457 e. The van der Waals surface area contributed by atoms with Crippen molar-refractivity contribution in [2.24, 2.45) is 0 Å². The molecule has 0 aliphatic carbocycles. The first-order chi connectivity index (χ1) is 4.83. The van der Waals surface area contributed by atoms with Gasteiger partial charge in [-0.1, -0.05) is 6.92 Å². The average molecular weight is 141 g/mol. The molecule has 0 aromatic rings. The fourth-order valence-corrected chi connectivity index (χ4v) is 1.33. The molecule has 60 valence electrons. The van der Waals surface area contributed by atoms with Crippen LogP contribution in [0.4, 0.5) is 0 Å². The monoisotopic (exact) mass is 141 g/mol. The highest BCUT2D eigenvalue weighted by atomic mass is 15.2. The molecule has 1 aliphatic rings. The molecule has 0 spiro atoms. The molecule has 2 heteroatoms. The average Bonchev–Trinajstić information content (AvgIpc) is 1.95. The molecule has 2 nitrogen and oxygen atoms in total. The lowest BCUT2D eigenvalue weighted by Crippen LogP contribution is -2.43.